The summed E-state index contributed by atoms with van der Waals surface area (Å²) in [7, 11) is 1.28. The van der Waals surface area contributed by atoms with E-state index in [0.29, 0.717) is 11.3 Å². The number of ether oxygens (including phenoxy) is 1. The molecule has 0 saturated heterocycles. The Balaban J connectivity index is 2.05. The van der Waals surface area contributed by atoms with E-state index in [1.54, 1.807) is 29.1 Å². The molecular weight excluding hydrogens is 331 g/mol. The predicted molar refractivity (Wildman–Crippen MR) is 87.7 cm³/mol. The van der Waals surface area contributed by atoms with Gasteiger partial charge in [0.25, 0.3) is 0 Å². The Kier molecular flexibility index (Phi) is 4.57. The van der Waals surface area contributed by atoms with Crippen LogP contribution in [0.2, 0.25) is 0 Å². The fourth-order valence-corrected chi connectivity index (χ4v) is 2.83. The van der Waals surface area contributed by atoms with Crippen LogP contribution in [0.15, 0.2) is 47.6 Å². The van der Waals surface area contributed by atoms with Gasteiger partial charge in [0.05, 0.1) is 24.7 Å². The fourth-order valence-electron chi connectivity index (χ4n) is 2.23. The Hall–Kier alpha value is -2.74. The third-order valence-corrected chi connectivity index (χ3v) is 4.12. The molecule has 24 heavy (non-hydrogen) atoms. The normalized spacial score (nSPS) is 10.6. The molecule has 0 saturated carbocycles. The second kappa shape index (κ2) is 6.79. The molecule has 6 nitrogen and oxygen atoms in total. The Bertz CT molecular complexity index is 897. The summed E-state index contributed by atoms with van der Waals surface area (Å²) in [5.41, 5.74) is 1.90. The molecule has 2 aromatic heterocycles. The number of esters is 1. The standard InChI is InChI=1S/C16H13FN4O2S/c1-23-16(22)15-11(5-7-18-19-15)12-6-8-21(20-12)13-4-3-10(17)9-14(13)24-2/h3-9H,1-2H3. The lowest BCUT2D eigenvalue weighted by atomic mass is 10.1. The molecule has 0 aliphatic heterocycles. The summed E-state index contributed by atoms with van der Waals surface area (Å²) < 4.78 is 19.7. The zero-order chi connectivity index (χ0) is 17.1. The summed E-state index contributed by atoms with van der Waals surface area (Å²) >= 11 is 1.42. The van der Waals surface area contributed by atoms with Gasteiger partial charge in [-0.2, -0.15) is 10.2 Å². The first-order chi connectivity index (χ1) is 11.6. The molecule has 0 N–H and O–H groups in total. The summed E-state index contributed by atoms with van der Waals surface area (Å²) in [5, 5.41) is 12.0. The molecule has 3 aromatic rings. The highest BCUT2D eigenvalue weighted by atomic mass is 32.2. The molecule has 0 unspecified atom stereocenters. The maximum absolute atomic E-state index is 13.4. The molecule has 0 amide bonds. The molecule has 0 radical (unpaired) electrons. The summed E-state index contributed by atoms with van der Waals surface area (Å²) in [6.07, 6.45) is 5.08. The first kappa shape index (κ1) is 16.1. The molecule has 0 aliphatic rings. The number of carbonyl (C=O) groups excluding carboxylic acids is 1. The molecule has 0 spiro atoms. The lowest BCUT2D eigenvalue weighted by Crippen LogP contribution is -2.08. The van der Waals surface area contributed by atoms with Gasteiger partial charge in [-0.25, -0.2) is 13.9 Å². The Labute approximate surface area is 141 Å². The topological polar surface area (TPSA) is 69.9 Å². The number of methoxy groups -OCH3 is 1. The largest absolute Gasteiger partial charge is 0.464 e. The van der Waals surface area contributed by atoms with Crippen molar-refractivity contribution in [3.05, 3.63) is 54.2 Å². The number of rotatable bonds is 4. The zero-order valence-corrected chi connectivity index (χ0v) is 13.7. The van der Waals surface area contributed by atoms with Crippen LogP contribution in [-0.2, 0) is 4.74 Å². The van der Waals surface area contributed by atoms with Gasteiger partial charge >= 0.3 is 5.97 Å². The molecule has 3 rings (SSSR count). The van der Waals surface area contributed by atoms with Gasteiger partial charge < -0.3 is 4.74 Å². The Morgan fingerprint density at radius 3 is 2.88 bits per heavy atom. The van der Waals surface area contributed by atoms with Crippen LogP contribution < -0.4 is 0 Å². The average molecular weight is 344 g/mol. The van der Waals surface area contributed by atoms with Gasteiger partial charge in [0.1, 0.15) is 5.82 Å². The third-order valence-electron chi connectivity index (χ3n) is 3.35. The highest BCUT2D eigenvalue weighted by molar-refractivity contribution is 7.98. The SMILES string of the molecule is COC(=O)c1nnccc1-c1ccn(-c2ccc(F)cc2SC)n1. The molecular formula is C16H13FN4O2S. The minimum absolute atomic E-state index is 0.0921. The second-order valence-corrected chi connectivity index (χ2v) is 5.59. The fraction of sp³-hybridized carbons (Fsp3) is 0.125. The summed E-state index contributed by atoms with van der Waals surface area (Å²) in [6, 6.07) is 7.88. The van der Waals surface area contributed by atoms with Gasteiger partial charge in [-0.15, -0.1) is 16.9 Å². The molecule has 0 aliphatic carbocycles. The van der Waals surface area contributed by atoms with Crippen LogP contribution >= 0.6 is 11.8 Å². The van der Waals surface area contributed by atoms with E-state index in [0.717, 1.165) is 10.6 Å². The lowest BCUT2D eigenvalue weighted by molar-refractivity contribution is 0.0593. The van der Waals surface area contributed by atoms with Gasteiger partial charge in [-0.05, 0) is 36.6 Å². The van der Waals surface area contributed by atoms with E-state index < -0.39 is 5.97 Å². The minimum atomic E-state index is -0.584. The van der Waals surface area contributed by atoms with Gasteiger partial charge in [0.15, 0.2) is 5.69 Å². The molecule has 0 atom stereocenters. The molecule has 8 heteroatoms. The number of hydrogen-bond acceptors (Lipinski definition) is 6. The van der Waals surface area contributed by atoms with Crippen LogP contribution in [0.4, 0.5) is 4.39 Å². The average Bonchev–Trinajstić information content (AvgIpc) is 3.10. The molecule has 0 bridgehead atoms. The maximum Gasteiger partial charge on any atom is 0.359 e. The highest BCUT2D eigenvalue weighted by Gasteiger charge is 2.18. The number of nitrogens with zero attached hydrogens (tertiary/aromatic N) is 4. The van der Waals surface area contributed by atoms with Crippen molar-refractivity contribution in [2.45, 2.75) is 4.90 Å². The van der Waals surface area contributed by atoms with Crippen LogP contribution in [0.1, 0.15) is 10.5 Å². The van der Waals surface area contributed by atoms with Crippen molar-refractivity contribution in [2.75, 3.05) is 13.4 Å². The number of thioether (sulfide) groups is 1. The van der Waals surface area contributed by atoms with Crippen LogP contribution in [0.5, 0.6) is 0 Å². The van der Waals surface area contributed by atoms with Crippen molar-refractivity contribution < 1.29 is 13.9 Å². The van der Waals surface area contributed by atoms with E-state index in [4.69, 9.17) is 4.74 Å². The third kappa shape index (κ3) is 3.00. The van der Waals surface area contributed by atoms with Crippen LogP contribution in [0.25, 0.3) is 16.9 Å². The van der Waals surface area contributed by atoms with Gasteiger partial charge in [-0.3, -0.25) is 0 Å². The monoisotopic (exact) mass is 344 g/mol. The van der Waals surface area contributed by atoms with Gasteiger partial charge in [0.2, 0.25) is 0 Å². The van der Waals surface area contributed by atoms with Crippen molar-refractivity contribution in [1.82, 2.24) is 20.0 Å². The first-order valence-electron chi connectivity index (χ1n) is 6.94. The van der Waals surface area contributed by atoms with Crippen molar-refractivity contribution in [1.29, 1.82) is 0 Å². The van der Waals surface area contributed by atoms with Crippen LogP contribution in [0, 0.1) is 5.82 Å². The quantitative estimate of drug-likeness (QED) is 0.535. The Morgan fingerprint density at radius 1 is 1.29 bits per heavy atom. The van der Waals surface area contributed by atoms with Crippen molar-refractivity contribution >= 4 is 17.7 Å². The predicted octanol–water partition coefficient (Wildman–Crippen LogP) is 2.98. The van der Waals surface area contributed by atoms with E-state index >= 15 is 0 Å². The van der Waals surface area contributed by atoms with E-state index in [2.05, 4.69) is 15.3 Å². The molecule has 1 aromatic carbocycles. The van der Waals surface area contributed by atoms with Gasteiger partial charge in [0, 0.05) is 16.7 Å². The van der Waals surface area contributed by atoms with Crippen LogP contribution in [-0.4, -0.2) is 39.3 Å². The number of aromatic nitrogens is 4. The maximum atomic E-state index is 13.4. The van der Waals surface area contributed by atoms with E-state index in [-0.39, 0.29) is 11.5 Å². The zero-order valence-electron chi connectivity index (χ0n) is 12.9. The van der Waals surface area contributed by atoms with E-state index in [1.165, 1.54) is 37.2 Å². The molecule has 2 heterocycles. The van der Waals surface area contributed by atoms with Crippen molar-refractivity contribution in [3.63, 3.8) is 0 Å². The number of halogens is 1. The minimum Gasteiger partial charge on any atom is -0.464 e. The number of benzene rings is 1. The van der Waals surface area contributed by atoms with Crippen LogP contribution in [0.3, 0.4) is 0 Å². The molecule has 122 valence electrons. The summed E-state index contributed by atoms with van der Waals surface area (Å²) in [6.45, 7) is 0. The number of carbonyl (C=O) groups is 1. The van der Waals surface area contributed by atoms with E-state index in [1.807, 2.05) is 6.26 Å². The lowest BCUT2D eigenvalue weighted by Gasteiger charge is -2.07. The highest BCUT2D eigenvalue weighted by Crippen LogP contribution is 2.27. The summed E-state index contributed by atoms with van der Waals surface area (Å²) in [5.74, 6) is -0.888. The smallest absolute Gasteiger partial charge is 0.359 e. The first-order valence-corrected chi connectivity index (χ1v) is 8.16. The summed E-state index contributed by atoms with van der Waals surface area (Å²) in [4.78, 5) is 12.6. The van der Waals surface area contributed by atoms with E-state index in [9.17, 15) is 9.18 Å². The molecule has 0 fully saturated rings. The number of hydrogen-bond donors (Lipinski definition) is 0. The van der Waals surface area contributed by atoms with Gasteiger partial charge in [-0.1, -0.05) is 0 Å². The Morgan fingerprint density at radius 2 is 2.12 bits per heavy atom. The second-order valence-electron chi connectivity index (χ2n) is 4.75. The van der Waals surface area contributed by atoms with Crippen molar-refractivity contribution in [2.24, 2.45) is 0 Å². The van der Waals surface area contributed by atoms with Crippen molar-refractivity contribution in [3.8, 4) is 16.9 Å².